The molecule has 0 saturated heterocycles. The number of carbonyl (C=O) groups excluding carboxylic acids is 2. The molecule has 0 unspecified atom stereocenters. The van der Waals surface area contributed by atoms with Crippen LogP contribution in [0.3, 0.4) is 0 Å². The van der Waals surface area contributed by atoms with Crippen molar-refractivity contribution >= 4 is 44.9 Å². The maximum atomic E-state index is 12.5. The molecule has 3 rings (SSSR count). The van der Waals surface area contributed by atoms with Crippen molar-refractivity contribution in [1.29, 1.82) is 0 Å². The lowest BCUT2D eigenvalue weighted by Crippen LogP contribution is -2.34. The van der Waals surface area contributed by atoms with E-state index in [0.29, 0.717) is 12.1 Å². The fourth-order valence-corrected chi connectivity index (χ4v) is 4.26. The third-order valence-corrected chi connectivity index (χ3v) is 6.43. The molecule has 3 aromatic rings. The van der Waals surface area contributed by atoms with E-state index in [1.165, 1.54) is 37.4 Å². The minimum absolute atomic E-state index is 0.0186. The van der Waals surface area contributed by atoms with E-state index < -0.39 is 21.9 Å². The van der Waals surface area contributed by atoms with E-state index in [1.54, 1.807) is 18.2 Å². The average molecular weight is 498 g/mol. The van der Waals surface area contributed by atoms with Crippen LogP contribution in [-0.2, 0) is 21.2 Å². The van der Waals surface area contributed by atoms with Crippen molar-refractivity contribution < 1.29 is 22.7 Å². The van der Waals surface area contributed by atoms with Crippen LogP contribution in [0, 0.1) is 0 Å². The van der Waals surface area contributed by atoms with Gasteiger partial charge in [0.05, 0.1) is 17.6 Å². The van der Waals surface area contributed by atoms with E-state index in [9.17, 15) is 18.0 Å². The maximum absolute atomic E-state index is 12.5. The van der Waals surface area contributed by atoms with Gasteiger partial charge < -0.3 is 10.1 Å². The summed E-state index contributed by atoms with van der Waals surface area (Å²) in [4.78, 5) is 24.2. The van der Waals surface area contributed by atoms with E-state index >= 15 is 0 Å². The van der Waals surface area contributed by atoms with Gasteiger partial charge in [-0.3, -0.25) is 10.1 Å². The molecule has 0 spiro atoms. The van der Waals surface area contributed by atoms with Gasteiger partial charge in [-0.2, -0.15) is 0 Å². The smallest absolute Gasteiger partial charge is 0.337 e. The van der Waals surface area contributed by atoms with Crippen LogP contribution >= 0.6 is 12.2 Å². The van der Waals surface area contributed by atoms with Gasteiger partial charge in [-0.25, -0.2) is 17.9 Å². The van der Waals surface area contributed by atoms with Crippen LogP contribution in [0.25, 0.3) is 0 Å². The Labute approximate surface area is 203 Å². The number of thiocarbonyl (C=S) groups is 1. The van der Waals surface area contributed by atoms with Crippen LogP contribution in [0.15, 0.2) is 83.8 Å². The summed E-state index contributed by atoms with van der Waals surface area (Å²) >= 11 is 5.16. The van der Waals surface area contributed by atoms with Crippen molar-refractivity contribution in [3.05, 3.63) is 95.6 Å². The molecule has 0 aromatic heterocycles. The van der Waals surface area contributed by atoms with Crippen molar-refractivity contribution in [2.75, 3.05) is 19.0 Å². The van der Waals surface area contributed by atoms with Gasteiger partial charge in [-0.15, -0.1) is 0 Å². The summed E-state index contributed by atoms with van der Waals surface area (Å²) in [6.45, 7) is 0.277. The summed E-state index contributed by atoms with van der Waals surface area (Å²) in [5.74, 6) is -1.06. The standard InChI is InChI=1S/C24H23N3O5S2/c1-32-23(29)19-9-5-8-18(16-19)22(28)27-24(33)26-20-10-12-21(13-11-20)34(30,31)25-15-14-17-6-3-2-4-7-17/h2-13,16,25H,14-15H2,1H3,(H2,26,27,28,33). The molecule has 0 radical (unpaired) electrons. The number of esters is 1. The Kier molecular flexibility index (Phi) is 8.47. The molecule has 0 atom stereocenters. The number of sulfonamides is 1. The molecule has 0 aliphatic heterocycles. The van der Waals surface area contributed by atoms with Crippen molar-refractivity contribution in [2.45, 2.75) is 11.3 Å². The van der Waals surface area contributed by atoms with Gasteiger partial charge in [0.15, 0.2) is 5.11 Å². The molecule has 8 nitrogen and oxygen atoms in total. The predicted molar refractivity (Wildman–Crippen MR) is 133 cm³/mol. The molecule has 0 aliphatic carbocycles. The fraction of sp³-hybridized carbons (Fsp3) is 0.125. The topological polar surface area (TPSA) is 114 Å². The molecule has 3 N–H and O–H groups in total. The first-order valence-corrected chi connectivity index (χ1v) is 12.1. The summed E-state index contributed by atoms with van der Waals surface area (Å²) in [6, 6.07) is 21.6. The molecule has 0 aliphatic rings. The van der Waals surface area contributed by atoms with Gasteiger partial charge in [0, 0.05) is 17.8 Å². The second kappa shape index (κ2) is 11.5. The van der Waals surface area contributed by atoms with Crippen LogP contribution in [-0.4, -0.2) is 39.1 Å². The summed E-state index contributed by atoms with van der Waals surface area (Å²) in [5, 5.41) is 5.36. The molecule has 3 aromatic carbocycles. The van der Waals surface area contributed by atoms with Gasteiger partial charge in [-0.1, -0.05) is 36.4 Å². The van der Waals surface area contributed by atoms with E-state index in [2.05, 4.69) is 20.1 Å². The molecule has 34 heavy (non-hydrogen) atoms. The first-order chi connectivity index (χ1) is 16.3. The molecular weight excluding hydrogens is 474 g/mol. The number of nitrogens with one attached hydrogen (secondary N) is 3. The zero-order valence-electron chi connectivity index (χ0n) is 18.3. The van der Waals surface area contributed by atoms with E-state index in [1.807, 2.05) is 30.3 Å². The third kappa shape index (κ3) is 6.95. The highest BCUT2D eigenvalue weighted by atomic mass is 32.2. The lowest BCUT2D eigenvalue weighted by atomic mass is 10.1. The number of hydrogen-bond donors (Lipinski definition) is 3. The van der Waals surface area contributed by atoms with Gasteiger partial charge in [-0.05, 0) is 66.7 Å². The van der Waals surface area contributed by atoms with Crippen molar-refractivity contribution in [3.8, 4) is 0 Å². The Bertz CT molecular complexity index is 1280. The highest BCUT2D eigenvalue weighted by molar-refractivity contribution is 7.89. The number of amides is 1. The summed E-state index contributed by atoms with van der Waals surface area (Å²) in [5.41, 5.74) is 2.01. The third-order valence-electron chi connectivity index (χ3n) is 4.74. The Morgan fingerprint density at radius 2 is 1.59 bits per heavy atom. The zero-order chi connectivity index (χ0) is 24.6. The van der Waals surface area contributed by atoms with Crippen LogP contribution in [0.4, 0.5) is 5.69 Å². The molecule has 0 saturated carbocycles. The number of methoxy groups -OCH3 is 1. The molecule has 10 heteroatoms. The monoisotopic (exact) mass is 497 g/mol. The number of carbonyl (C=O) groups is 2. The second-order valence-corrected chi connectivity index (χ2v) is 9.31. The van der Waals surface area contributed by atoms with Crippen molar-refractivity contribution in [2.24, 2.45) is 0 Å². The number of rotatable bonds is 8. The molecule has 0 bridgehead atoms. The Balaban J connectivity index is 1.55. The minimum Gasteiger partial charge on any atom is -0.465 e. The molecule has 1 amide bonds. The maximum Gasteiger partial charge on any atom is 0.337 e. The largest absolute Gasteiger partial charge is 0.465 e. The molecule has 176 valence electrons. The second-order valence-electron chi connectivity index (χ2n) is 7.14. The van der Waals surface area contributed by atoms with E-state index in [4.69, 9.17) is 12.2 Å². The summed E-state index contributed by atoms with van der Waals surface area (Å²) in [7, 11) is -2.41. The van der Waals surface area contributed by atoms with Crippen molar-refractivity contribution in [3.63, 3.8) is 0 Å². The van der Waals surface area contributed by atoms with Gasteiger partial charge >= 0.3 is 5.97 Å². The Morgan fingerprint density at radius 3 is 2.26 bits per heavy atom. The Morgan fingerprint density at radius 1 is 0.912 bits per heavy atom. The fourth-order valence-electron chi connectivity index (χ4n) is 3.02. The quantitative estimate of drug-likeness (QED) is 0.324. The molecule has 0 fully saturated rings. The van der Waals surface area contributed by atoms with Crippen LogP contribution in [0.5, 0.6) is 0 Å². The molecule has 0 heterocycles. The van der Waals surface area contributed by atoms with Gasteiger partial charge in [0.2, 0.25) is 10.0 Å². The summed E-state index contributed by atoms with van der Waals surface area (Å²) < 4.78 is 32.2. The average Bonchev–Trinajstić information content (AvgIpc) is 2.84. The zero-order valence-corrected chi connectivity index (χ0v) is 19.9. The van der Waals surface area contributed by atoms with Crippen LogP contribution in [0.1, 0.15) is 26.3 Å². The van der Waals surface area contributed by atoms with E-state index in [0.717, 1.165) is 5.56 Å². The predicted octanol–water partition coefficient (Wildman–Crippen LogP) is 3.12. The first kappa shape index (κ1) is 25.0. The first-order valence-electron chi connectivity index (χ1n) is 10.2. The van der Waals surface area contributed by atoms with E-state index in [-0.39, 0.29) is 27.7 Å². The Hall–Kier alpha value is -3.60. The summed E-state index contributed by atoms with van der Waals surface area (Å²) in [6.07, 6.45) is 0.580. The minimum atomic E-state index is -3.66. The van der Waals surface area contributed by atoms with Crippen LogP contribution in [0.2, 0.25) is 0 Å². The number of ether oxygens (including phenoxy) is 1. The van der Waals surface area contributed by atoms with Gasteiger partial charge in [0.25, 0.3) is 5.91 Å². The highest BCUT2D eigenvalue weighted by Gasteiger charge is 2.14. The number of anilines is 1. The normalized spacial score (nSPS) is 10.9. The highest BCUT2D eigenvalue weighted by Crippen LogP contribution is 2.14. The number of benzene rings is 3. The molecular formula is C24H23N3O5S2. The van der Waals surface area contributed by atoms with Crippen LogP contribution < -0.4 is 15.4 Å². The van der Waals surface area contributed by atoms with Gasteiger partial charge in [0.1, 0.15) is 0 Å². The number of hydrogen-bond acceptors (Lipinski definition) is 6. The lowest BCUT2D eigenvalue weighted by molar-refractivity contribution is 0.0600. The SMILES string of the molecule is COC(=O)c1cccc(C(=O)NC(=S)Nc2ccc(S(=O)(=O)NCCc3ccccc3)cc2)c1. The van der Waals surface area contributed by atoms with Crippen molar-refractivity contribution in [1.82, 2.24) is 10.0 Å². The lowest BCUT2D eigenvalue weighted by Gasteiger charge is -2.11.